The highest BCUT2D eigenvalue weighted by atomic mass is 16.6. The normalized spacial score (nSPS) is 16.8. The van der Waals surface area contributed by atoms with Crippen LogP contribution in [0.15, 0.2) is 66.7 Å². The third kappa shape index (κ3) is 4.43. The van der Waals surface area contributed by atoms with E-state index in [1.54, 1.807) is 6.07 Å². The number of nitro benzene ring substituents is 1. The second-order valence-corrected chi connectivity index (χ2v) is 8.86. The summed E-state index contributed by atoms with van der Waals surface area (Å²) in [6, 6.07) is 20.6. The van der Waals surface area contributed by atoms with Crippen LogP contribution in [0.3, 0.4) is 0 Å². The Kier molecular flexibility index (Phi) is 5.86. The molecular formula is C27H26N4O3. The molecule has 2 aliphatic heterocycles. The molecule has 0 saturated carbocycles. The standard InChI is InChI=1S/C27H26N4O3/c1-18-4-8-20(9-5-18)26(25-23-16-22(31(33)34)12-13-24(23)29-27(25)32)28-21-10-6-19(7-11-21)17-30-14-2-3-15-30/h4-13,16,28H,2-3,14-15,17H2,1H3,(H,29,32)/b26-25-. The highest BCUT2D eigenvalue weighted by Crippen LogP contribution is 2.39. The van der Waals surface area contributed by atoms with E-state index in [1.807, 2.05) is 43.3 Å². The van der Waals surface area contributed by atoms with Crippen LogP contribution >= 0.6 is 0 Å². The largest absolute Gasteiger partial charge is 0.354 e. The molecule has 2 heterocycles. The van der Waals surface area contributed by atoms with E-state index in [9.17, 15) is 14.9 Å². The number of non-ortho nitro benzene ring substituents is 1. The number of rotatable bonds is 6. The van der Waals surface area contributed by atoms with Crippen molar-refractivity contribution in [2.45, 2.75) is 26.3 Å². The van der Waals surface area contributed by atoms with Crippen LogP contribution in [-0.4, -0.2) is 28.8 Å². The summed E-state index contributed by atoms with van der Waals surface area (Å²) in [5, 5.41) is 17.7. The molecular weight excluding hydrogens is 428 g/mol. The predicted molar refractivity (Wildman–Crippen MR) is 134 cm³/mol. The quantitative estimate of drug-likeness (QED) is 0.295. The Balaban J connectivity index is 1.54. The van der Waals surface area contributed by atoms with Crippen LogP contribution in [0.5, 0.6) is 0 Å². The molecule has 1 fully saturated rings. The Morgan fingerprint density at radius 1 is 1.03 bits per heavy atom. The van der Waals surface area contributed by atoms with Gasteiger partial charge in [-0.3, -0.25) is 19.8 Å². The average Bonchev–Trinajstić information content (AvgIpc) is 3.45. The van der Waals surface area contributed by atoms with E-state index >= 15 is 0 Å². The molecule has 2 N–H and O–H groups in total. The van der Waals surface area contributed by atoms with Crippen molar-refractivity contribution in [3.8, 4) is 0 Å². The first-order valence-corrected chi connectivity index (χ1v) is 11.5. The fraction of sp³-hybridized carbons (Fsp3) is 0.222. The van der Waals surface area contributed by atoms with Crippen molar-refractivity contribution in [1.29, 1.82) is 0 Å². The molecule has 0 spiro atoms. The van der Waals surface area contributed by atoms with Crippen molar-refractivity contribution in [2.24, 2.45) is 0 Å². The van der Waals surface area contributed by atoms with Crippen LogP contribution < -0.4 is 10.6 Å². The average molecular weight is 455 g/mol. The summed E-state index contributed by atoms with van der Waals surface area (Å²) in [5.74, 6) is -0.288. The molecule has 0 radical (unpaired) electrons. The van der Waals surface area contributed by atoms with E-state index in [4.69, 9.17) is 0 Å². The molecule has 0 bridgehead atoms. The van der Waals surface area contributed by atoms with Crippen LogP contribution in [0.4, 0.5) is 17.1 Å². The van der Waals surface area contributed by atoms with Crippen LogP contribution in [0, 0.1) is 17.0 Å². The van der Waals surface area contributed by atoms with Gasteiger partial charge in [-0.1, -0.05) is 42.0 Å². The van der Waals surface area contributed by atoms with Crippen LogP contribution in [0.1, 0.15) is 35.1 Å². The molecule has 172 valence electrons. The highest BCUT2D eigenvalue weighted by molar-refractivity contribution is 6.37. The monoisotopic (exact) mass is 454 g/mol. The molecule has 0 atom stereocenters. The molecule has 5 rings (SSSR count). The molecule has 7 nitrogen and oxygen atoms in total. The summed E-state index contributed by atoms with van der Waals surface area (Å²) in [6.45, 7) is 5.23. The van der Waals surface area contributed by atoms with Crippen LogP contribution in [-0.2, 0) is 11.3 Å². The van der Waals surface area contributed by atoms with Gasteiger partial charge >= 0.3 is 0 Å². The van der Waals surface area contributed by atoms with Crippen molar-refractivity contribution in [2.75, 3.05) is 23.7 Å². The molecule has 1 amide bonds. The number of anilines is 2. The molecule has 34 heavy (non-hydrogen) atoms. The summed E-state index contributed by atoms with van der Waals surface area (Å²) >= 11 is 0. The number of nitro groups is 1. The van der Waals surface area contributed by atoms with Crippen molar-refractivity contribution in [3.05, 3.63) is 99.1 Å². The number of nitrogens with zero attached hydrogens (tertiary/aromatic N) is 2. The van der Waals surface area contributed by atoms with Gasteiger partial charge in [0, 0.05) is 35.6 Å². The Bertz CT molecular complexity index is 1270. The van der Waals surface area contributed by atoms with Gasteiger partial charge in [0.25, 0.3) is 11.6 Å². The first kappa shape index (κ1) is 21.9. The lowest BCUT2D eigenvalue weighted by molar-refractivity contribution is -0.384. The summed E-state index contributed by atoms with van der Waals surface area (Å²) in [5.41, 5.74) is 6.07. The number of nitrogens with one attached hydrogen (secondary N) is 2. The maximum Gasteiger partial charge on any atom is 0.270 e. The minimum atomic E-state index is -0.446. The zero-order chi connectivity index (χ0) is 23.7. The number of hydrogen-bond donors (Lipinski definition) is 2. The SMILES string of the molecule is Cc1ccc(/C(Nc2ccc(CN3CCCC3)cc2)=C2/C(=O)Nc3ccc([N+](=O)[O-])cc32)cc1. The number of carbonyl (C=O) groups excluding carboxylic acids is 1. The third-order valence-corrected chi connectivity index (χ3v) is 6.38. The van der Waals surface area contributed by atoms with Crippen molar-refractivity contribution < 1.29 is 9.72 Å². The number of aryl methyl sites for hydroxylation is 1. The highest BCUT2D eigenvalue weighted by Gasteiger charge is 2.30. The molecule has 7 heteroatoms. The Morgan fingerprint density at radius 2 is 1.74 bits per heavy atom. The second kappa shape index (κ2) is 9.11. The van der Waals surface area contributed by atoms with Crippen molar-refractivity contribution in [1.82, 2.24) is 4.90 Å². The number of fused-ring (bicyclic) bond motifs is 1. The smallest absolute Gasteiger partial charge is 0.270 e. The minimum Gasteiger partial charge on any atom is -0.354 e. The third-order valence-electron chi connectivity index (χ3n) is 6.38. The Morgan fingerprint density at radius 3 is 2.41 bits per heavy atom. The predicted octanol–water partition coefficient (Wildman–Crippen LogP) is 5.43. The van der Waals surface area contributed by atoms with Crippen molar-refractivity contribution in [3.63, 3.8) is 0 Å². The lowest BCUT2D eigenvalue weighted by Crippen LogP contribution is -2.18. The summed E-state index contributed by atoms with van der Waals surface area (Å²) in [7, 11) is 0. The maximum atomic E-state index is 13.0. The Labute approximate surface area is 198 Å². The van der Waals surface area contributed by atoms with Gasteiger partial charge in [0.2, 0.25) is 0 Å². The van der Waals surface area contributed by atoms with E-state index in [2.05, 4.69) is 27.7 Å². The topological polar surface area (TPSA) is 87.5 Å². The maximum absolute atomic E-state index is 13.0. The number of carbonyl (C=O) groups is 1. The minimum absolute atomic E-state index is 0.0535. The van der Waals surface area contributed by atoms with Gasteiger partial charge < -0.3 is 10.6 Å². The number of likely N-dealkylation sites (tertiary alicyclic amines) is 1. The van der Waals surface area contributed by atoms with Gasteiger partial charge in [-0.25, -0.2) is 0 Å². The van der Waals surface area contributed by atoms with Crippen molar-refractivity contribution >= 4 is 34.2 Å². The number of amides is 1. The molecule has 0 aliphatic carbocycles. The summed E-state index contributed by atoms with van der Waals surface area (Å²) < 4.78 is 0. The number of hydrogen-bond acceptors (Lipinski definition) is 5. The van der Waals surface area contributed by atoms with E-state index in [1.165, 1.54) is 30.5 Å². The number of benzene rings is 3. The summed E-state index contributed by atoms with van der Waals surface area (Å²) in [4.78, 5) is 26.4. The molecule has 0 aromatic heterocycles. The molecule has 0 unspecified atom stereocenters. The van der Waals surface area contributed by atoms with Gasteiger partial charge in [0.05, 0.1) is 16.2 Å². The van der Waals surface area contributed by atoms with Gasteiger partial charge in [-0.15, -0.1) is 0 Å². The van der Waals surface area contributed by atoms with E-state index < -0.39 is 4.92 Å². The Hall–Kier alpha value is -3.97. The van der Waals surface area contributed by atoms with Gasteiger partial charge in [0.15, 0.2) is 0 Å². The lowest BCUT2D eigenvalue weighted by atomic mass is 9.99. The van der Waals surface area contributed by atoms with Gasteiger partial charge in [0.1, 0.15) is 0 Å². The van der Waals surface area contributed by atoms with E-state index in [0.29, 0.717) is 22.5 Å². The van der Waals surface area contributed by atoms with Crippen LogP contribution in [0.2, 0.25) is 0 Å². The fourth-order valence-electron chi connectivity index (χ4n) is 4.55. The zero-order valence-electron chi connectivity index (χ0n) is 19.0. The van der Waals surface area contributed by atoms with Gasteiger partial charge in [-0.05, 0) is 62.2 Å². The zero-order valence-corrected chi connectivity index (χ0v) is 19.0. The van der Waals surface area contributed by atoms with Crippen LogP contribution in [0.25, 0.3) is 11.3 Å². The first-order valence-electron chi connectivity index (χ1n) is 11.5. The van der Waals surface area contributed by atoms with Gasteiger partial charge in [-0.2, -0.15) is 0 Å². The molecule has 2 aliphatic rings. The summed E-state index contributed by atoms with van der Waals surface area (Å²) in [6.07, 6.45) is 2.52. The van der Waals surface area contributed by atoms with E-state index in [-0.39, 0.29) is 11.6 Å². The first-order chi connectivity index (χ1) is 16.5. The molecule has 3 aromatic rings. The molecule has 1 saturated heterocycles. The fourth-order valence-corrected chi connectivity index (χ4v) is 4.55. The second-order valence-electron chi connectivity index (χ2n) is 8.86. The van der Waals surface area contributed by atoms with E-state index in [0.717, 1.165) is 36.4 Å². The lowest BCUT2D eigenvalue weighted by Gasteiger charge is -2.17. The molecule has 3 aromatic carbocycles.